The Hall–Kier alpha value is -1.68. The molecule has 2 fully saturated rings. The molecule has 1 aliphatic carbocycles. The molecule has 0 N–H and O–H groups in total. The van der Waals surface area contributed by atoms with Crippen LogP contribution in [0.15, 0.2) is 36.4 Å². The second-order valence-corrected chi connectivity index (χ2v) is 14.1. The first-order valence-electron chi connectivity index (χ1n) is 13.8. The van der Waals surface area contributed by atoms with Gasteiger partial charge < -0.3 is 4.74 Å². The highest BCUT2D eigenvalue weighted by Crippen LogP contribution is 2.44. The Labute approximate surface area is 206 Å². The molecule has 2 aromatic carbocycles. The van der Waals surface area contributed by atoms with Gasteiger partial charge >= 0.3 is 0 Å². The standard InChI is InChI=1S/C30H42F2OSi/c1-3-5-6-19-34-20-17-25(18-21-34)24-9-7-22(8-10-24)23-11-13-26(14-12-23)27-15-16-28(33-4-2)30(32)29(27)31/h11-16,22,24-25,34H,3-10,17-21H2,1-2H3/t22-,24-,25-,34-. The highest BCUT2D eigenvalue weighted by Gasteiger charge is 2.31. The number of rotatable bonds is 9. The number of halogens is 2. The molecule has 1 aliphatic heterocycles. The molecule has 0 amide bonds. The summed E-state index contributed by atoms with van der Waals surface area (Å²) in [6.07, 6.45) is 12.6. The molecule has 0 aromatic heterocycles. The van der Waals surface area contributed by atoms with E-state index in [9.17, 15) is 8.78 Å². The lowest BCUT2D eigenvalue weighted by Gasteiger charge is -2.37. The number of hydrogen-bond acceptors (Lipinski definition) is 1. The summed E-state index contributed by atoms with van der Waals surface area (Å²) in [6, 6.07) is 16.1. The van der Waals surface area contributed by atoms with Gasteiger partial charge in [0.15, 0.2) is 11.6 Å². The molecule has 4 rings (SSSR count). The van der Waals surface area contributed by atoms with Crippen molar-refractivity contribution in [1.29, 1.82) is 0 Å². The molecule has 0 spiro atoms. The molecular weight excluding hydrogens is 442 g/mol. The first-order valence-corrected chi connectivity index (χ1v) is 16.3. The average Bonchev–Trinajstić information content (AvgIpc) is 2.88. The van der Waals surface area contributed by atoms with E-state index in [1.165, 1.54) is 69.4 Å². The van der Waals surface area contributed by atoms with Gasteiger partial charge in [0.05, 0.1) is 6.61 Å². The molecule has 2 aliphatic rings. The predicted molar refractivity (Wildman–Crippen MR) is 141 cm³/mol. The molecule has 2 aromatic rings. The van der Waals surface area contributed by atoms with Crippen molar-refractivity contribution in [2.75, 3.05) is 6.61 Å². The lowest BCUT2D eigenvalue weighted by molar-refractivity contribution is 0.216. The summed E-state index contributed by atoms with van der Waals surface area (Å²) in [5.41, 5.74) is 2.36. The van der Waals surface area contributed by atoms with Gasteiger partial charge in [-0.25, -0.2) is 4.39 Å². The van der Waals surface area contributed by atoms with E-state index >= 15 is 0 Å². The molecule has 34 heavy (non-hydrogen) atoms. The second-order valence-electron chi connectivity index (χ2n) is 10.7. The second kappa shape index (κ2) is 12.3. The van der Waals surface area contributed by atoms with Crippen LogP contribution in [0.3, 0.4) is 0 Å². The van der Waals surface area contributed by atoms with Crippen molar-refractivity contribution in [2.45, 2.75) is 95.7 Å². The Balaban J connectivity index is 1.29. The van der Waals surface area contributed by atoms with Crippen LogP contribution in [0, 0.1) is 23.5 Å². The van der Waals surface area contributed by atoms with E-state index in [1.807, 2.05) is 12.1 Å². The first-order chi connectivity index (χ1) is 16.6. The zero-order chi connectivity index (χ0) is 23.9. The Morgan fingerprint density at radius 1 is 0.794 bits per heavy atom. The van der Waals surface area contributed by atoms with Crippen LogP contribution in [0.25, 0.3) is 11.1 Å². The minimum absolute atomic E-state index is 0.0237. The molecule has 0 unspecified atom stereocenters. The van der Waals surface area contributed by atoms with E-state index in [4.69, 9.17) is 4.74 Å². The van der Waals surface area contributed by atoms with E-state index in [2.05, 4.69) is 19.1 Å². The van der Waals surface area contributed by atoms with Gasteiger partial charge in [-0.05, 0) is 73.6 Å². The summed E-state index contributed by atoms with van der Waals surface area (Å²) < 4.78 is 34.1. The number of benzene rings is 2. The van der Waals surface area contributed by atoms with Crippen molar-refractivity contribution in [1.82, 2.24) is 0 Å². The summed E-state index contributed by atoms with van der Waals surface area (Å²) in [4.78, 5) is 0. The van der Waals surface area contributed by atoms with Gasteiger partial charge in [0.1, 0.15) is 0 Å². The lowest BCUT2D eigenvalue weighted by Crippen LogP contribution is -2.28. The van der Waals surface area contributed by atoms with Crippen molar-refractivity contribution < 1.29 is 13.5 Å². The smallest absolute Gasteiger partial charge is 0.201 e. The number of hydrogen-bond donors (Lipinski definition) is 0. The predicted octanol–water partition coefficient (Wildman–Crippen LogP) is 9.13. The summed E-state index contributed by atoms with van der Waals surface area (Å²) in [5.74, 6) is 0.760. The van der Waals surface area contributed by atoms with Crippen LogP contribution < -0.4 is 4.74 Å². The number of ether oxygens (including phenoxy) is 1. The summed E-state index contributed by atoms with van der Waals surface area (Å²) in [7, 11) is -0.414. The third-order valence-corrected chi connectivity index (χ3v) is 12.1. The van der Waals surface area contributed by atoms with Crippen LogP contribution in [-0.2, 0) is 0 Å². The minimum atomic E-state index is -0.903. The average molecular weight is 485 g/mol. The molecule has 4 heteroatoms. The third-order valence-electron chi connectivity index (χ3n) is 8.59. The van der Waals surface area contributed by atoms with Crippen LogP contribution in [0.1, 0.15) is 83.1 Å². The van der Waals surface area contributed by atoms with Gasteiger partial charge in [0.25, 0.3) is 0 Å². The van der Waals surface area contributed by atoms with Crippen molar-refractivity contribution in [3.05, 3.63) is 53.6 Å². The van der Waals surface area contributed by atoms with Crippen LogP contribution in [0.2, 0.25) is 18.1 Å². The van der Waals surface area contributed by atoms with Gasteiger partial charge in [-0.2, -0.15) is 4.39 Å². The Morgan fingerprint density at radius 2 is 1.47 bits per heavy atom. The van der Waals surface area contributed by atoms with E-state index in [-0.39, 0.29) is 5.75 Å². The zero-order valence-electron chi connectivity index (χ0n) is 21.1. The molecule has 1 heterocycles. The fourth-order valence-corrected chi connectivity index (χ4v) is 10.0. The molecule has 0 radical (unpaired) electrons. The molecule has 186 valence electrons. The third kappa shape index (κ3) is 6.11. The molecule has 1 saturated carbocycles. The summed E-state index contributed by atoms with van der Waals surface area (Å²) >= 11 is 0. The van der Waals surface area contributed by atoms with Crippen LogP contribution >= 0.6 is 0 Å². The monoisotopic (exact) mass is 484 g/mol. The van der Waals surface area contributed by atoms with Gasteiger partial charge in [0, 0.05) is 14.4 Å². The van der Waals surface area contributed by atoms with Crippen molar-refractivity contribution in [3.63, 3.8) is 0 Å². The van der Waals surface area contributed by atoms with Crippen LogP contribution in [-0.4, -0.2) is 15.4 Å². The van der Waals surface area contributed by atoms with Crippen molar-refractivity contribution in [2.24, 2.45) is 11.8 Å². The Morgan fingerprint density at radius 3 is 2.12 bits per heavy atom. The topological polar surface area (TPSA) is 9.23 Å². The Kier molecular flexibility index (Phi) is 9.21. The highest BCUT2D eigenvalue weighted by molar-refractivity contribution is 6.58. The molecule has 0 bridgehead atoms. The van der Waals surface area contributed by atoms with Gasteiger partial charge in [-0.15, -0.1) is 0 Å². The largest absolute Gasteiger partial charge is 0.491 e. The SMILES string of the molecule is CCCCC[Si@H]1CC[C@H]([C@H]2CC[C@H](c3ccc(-c4ccc(OCC)c(F)c4F)cc3)CC2)CC1. The van der Waals surface area contributed by atoms with Crippen LogP contribution in [0.4, 0.5) is 8.78 Å². The van der Waals surface area contributed by atoms with Gasteiger partial charge in [-0.1, -0.05) is 81.4 Å². The van der Waals surface area contributed by atoms with Gasteiger partial charge in [-0.3, -0.25) is 0 Å². The van der Waals surface area contributed by atoms with Crippen molar-refractivity contribution >= 4 is 8.80 Å². The fourth-order valence-electron chi connectivity index (χ4n) is 6.51. The van der Waals surface area contributed by atoms with E-state index in [0.717, 1.165) is 17.4 Å². The fraction of sp³-hybridized carbons (Fsp3) is 0.600. The molecule has 0 atom stereocenters. The summed E-state index contributed by atoms with van der Waals surface area (Å²) in [6.45, 7) is 4.39. The highest BCUT2D eigenvalue weighted by atomic mass is 28.3. The zero-order valence-corrected chi connectivity index (χ0v) is 22.3. The molecule has 1 nitrogen and oxygen atoms in total. The van der Waals surface area contributed by atoms with Gasteiger partial charge in [0.2, 0.25) is 5.82 Å². The summed E-state index contributed by atoms with van der Waals surface area (Å²) in [5, 5.41) is 0. The first kappa shape index (κ1) is 25.4. The number of unbranched alkanes of at least 4 members (excludes halogenated alkanes) is 2. The van der Waals surface area contributed by atoms with E-state index in [0.29, 0.717) is 18.1 Å². The van der Waals surface area contributed by atoms with Crippen LogP contribution in [0.5, 0.6) is 5.75 Å². The van der Waals surface area contributed by atoms with E-state index in [1.54, 1.807) is 31.1 Å². The lowest BCUT2D eigenvalue weighted by atomic mass is 9.72. The Bertz CT molecular complexity index is 897. The maximum Gasteiger partial charge on any atom is 0.201 e. The maximum absolute atomic E-state index is 14.6. The molecule has 1 saturated heterocycles. The molecular formula is C30H42F2OSi. The normalized spacial score (nSPS) is 25.3. The quantitative estimate of drug-likeness (QED) is 0.255. The minimum Gasteiger partial charge on any atom is -0.491 e. The van der Waals surface area contributed by atoms with E-state index < -0.39 is 20.4 Å². The maximum atomic E-state index is 14.6. The van der Waals surface area contributed by atoms with Crippen molar-refractivity contribution in [3.8, 4) is 16.9 Å².